The topological polar surface area (TPSA) is 44.0 Å². The summed E-state index contributed by atoms with van der Waals surface area (Å²) < 4.78 is 3.71. The van der Waals surface area contributed by atoms with Gasteiger partial charge in [-0.2, -0.15) is 0 Å². The summed E-state index contributed by atoms with van der Waals surface area (Å²) in [6.45, 7) is 14.3. The molecule has 1 fully saturated rings. The molecule has 1 aromatic carbocycles. The number of aryl methyl sites for hydroxylation is 2. The second kappa shape index (κ2) is 16.0. The van der Waals surface area contributed by atoms with Crippen molar-refractivity contribution in [2.75, 3.05) is 5.75 Å². The normalized spacial score (nSPS) is 12.9. The van der Waals surface area contributed by atoms with Crippen LogP contribution in [0.15, 0.2) is 34.0 Å². The lowest BCUT2D eigenvalue weighted by Gasteiger charge is -2.09. The van der Waals surface area contributed by atoms with Gasteiger partial charge in [0.15, 0.2) is 5.78 Å². The van der Waals surface area contributed by atoms with Gasteiger partial charge in [0.2, 0.25) is 0 Å². The summed E-state index contributed by atoms with van der Waals surface area (Å²) in [7, 11) is 3.44. The van der Waals surface area contributed by atoms with Gasteiger partial charge in [-0.05, 0) is 57.4 Å². The summed E-state index contributed by atoms with van der Waals surface area (Å²) in [6.07, 6.45) is 10.6. The Morgan fingerprint density at radius 2 is 1.75 bits per heavy atom. The largest absolute Gasteiger partial charge is 0.328 e. The molecule has 0 radical (unpaired) electrons. The van der Waals surface area contributed by atoms with Gasteiger partial charge in [-0.25, -0.2) is 4.79 Å². The number of hydrogen-bond acceptors (Lipinski definition) is 4. The van der Waals surface area contributed by atoms with E-state index in [4.69, 9.17) is 12.2 Å². The fraction of sp³-hybridized carbons (Fsp3) is 0.567. The molecule has 1 aliphatic rings. The molecule has 2 aromatic rings. The van der Waals surface area contributed by atoms with E-state index in [1.165, 1.54) is 47.1 Å². The number of unbranched alkanes of at least 4 members (excludes halogenated alkanes) is 1. The third kappa shape index (κ3) is 10.6. The number of nitrogens with zero attached hydrogens (tertiary/aromatic N) is 2. The van der Waals surface area contributed by atoms with Crippen LogP contribution in [0.25, 0.3) is 0 Å². The number of benzene rings is 1. The van der Waals surface area contributed by atoms with Gasteiger partial charge in [0.25, 0.3) is 0 Å². The lowest BCUT2D eigenvalue weighted by Crippen LogP contribution is -2.29. The quantitative estimate of drug-likeness (QED) is 0.255. The predicted octanol–water partition coefficient (Wildman–Crippen LogP) is 8.19. The van der Waals surface area contributed by atoms with E-state index in [1.807, 2.05) is 39.8 Å². The molecule has 0 amide bonds. The highest BCUT2D eigenvalue weighted by Crippen LogP contribution is 2.33. The fourth-order valence-corrected chi connectivity index (χ4v) is 4.77. The van der Waals surface area contributed by atoms with Crippen LogP contribution < -0.4 is 5.69 Å². The molecule has 4 nitrogen and oxygen atoms in total. The zero-order valence-corrected chi connectivity index (χ0v) is 25.5. The molecule has 1 saturated carbocycles. The van der Waals surface area contributed by atoms with Crippen LogP contribution in [0.4, 0.5) is 0 Å². The van der Waals surface area contributed by atoms with E-state index < -0.39 is 0 Å². The van der Waals surface area contributed by atoms with Crippen LogP contribution in [0, 0.1) is 38.3 Å². The predicted molar refractivity (Wildman–Crippen MR) is 160 cm³/mol. The van der Waals surface area contributed by atoms with Crippen molar-refractivity contribution in [1.82, 2.24) is 9.13 Å². The van der Waals surface area contributed by atoms with Crippen LogP contribution >= 0.6 is 24.0 Å². The Morgan fingerprint density at radius 3 is 2.28 bits per heavy atom. The lowest BCUT2D eigenvalue weighted by atomic mass is 10.0. The van der Waals surface area contributed by atoms with Crippen molar-refractivity contribution in [2.45, 2.75) is 87.0 Å². The SMILES string of the molecule is CC/C=C(/C)SCC(=O)c1ccc(C)cc1C.CCCCC1CC1.Cc1c(C)n(C)c(=O)n(C)c1=S. The zero-order chi connectivity index (χ0) is 27.4. The van der Waals surface area contributed by atoms with E-state index in [0.717, 1.165) is 34.7 Å². The molecule has 1 heterocycles. The van der Waals surface area contributed by atoms with E-state index in [9.17, 15) is 9.59 Å². The second-order valence-corrected chi connectivity index (χ2v) is 11.4. The van der Waals surface area contributed by atoms with Crippen molar-refractivity contribution in [3.05, 3.63) is 72.3 Å². The first kappa shape index (κ1) is 32.1. The number of ketones is 1. The van der Waals surface area contributed by atoms with Crippen LogP contribution in [0.3, 0.4) is 0 Å². The summed E-state index contributed by atoms with van der Waals surface area (Å²) in [5.41, 5.74) is 5.00. The number of allylic oxidation sites excluding steroid dienone is 2. The summed E-state index contributed by atoms with van der Waals surface area (Å²) in [5.74, 6) is 1.91. The van der Waals surface area contributed by atoms with Crippen molar-refractivity contribution >= 4 is 29.8 Å². The van der Waals surface area contributed by atoms with Crippen LogP contribution in [0.2, 0.25) is 0 Å². The maximum absolute atomic E-state index is 12.0. The van der Waals surface area contributed by atoms with Gasteiger partial charge in [-0.3, -0.25) is 9.36 Å². The molecular weight excluding hydrogens is 484 g/mol. The van der Waals surface area contributed by atoms with Gasteiger partial charge in [-0.1, -0.05) is 88.0 Å². The Hall–Kier alpha value is -1.92. The van der Waals surface area contributed by atoms with Crippen molar-refractivity contribution in [2.24, 2.45) is 20.0 Å². The molecule has 0 aliphatic heterocycles. The molecule has 1 aliphatic carbocycles. The molecular formula is C30H46N2O2S2. The van der Waals surface area contributed by atoms with Gasteiger partial charge >= 0.3 is 5.69 Å². The molecule has 6 heteroatoms. The van der Waals surface area contributed by atoms with Gasteiger partial charge < -0.3 is 4.57 Å². The highest BCUT2D eigenvalue weighted by molar-refractivity contribution is 8.03. The summed E-state index contributed by atoms with van der Waals surface area (Å²) >= 11 is 6.71. The number of aromatic nitrogens is 2. The number of carbonyl (C=O) groups is 1. The Morgan fingerprint density at radius 1 is 1.11 bits per heavy atom. The molecule has 0 saturated heterocycles. The van der Waals surface area contributed by atoms with Crippen molar-refractivity contribution < 1.29 is 4.79 Å². The number of carbonyl (C=O) groups excluding carboxylic acids is 1. The minimum atomic E-state index is -0.0666. The third-order valence-corrected chi connectivity index (χ3v) is 8.12. The average Bonchev–Trinajstić information content (AvgIpc) is 3.68. The number of thioether (sulfide) groups is 1. The molecule has 0 N–H and O–H groups in total. The minimum Gasteiger partial charge on any atom is -0.301 e. The summed E-state index contributed by atoms with van der Waals surface area (Å²) in [5, 5.41) is 0. The Balaban J connectivity index is 0.000000295. The van der Waals surface area contributed by atoms with E-state index >= 15 is 0 Å². The first-order valence-electron chi connectivity index (χ1n) is 13.1. The number of rotatable bonds is 8. The zero-order valence-electron chi connectivity index (χ0n) is 23.9. The Bertz CT molecular complexity index is 1120. The van der Waals surface area contributed by atoms with E-state index in [0.29, 0.717) is 10.4 Å². The van der Waals surface area contributed by atoms with Crippen LogP contribution in [-0.2, 0) is 14.1 Å². The van der Waals surface area contributed by atoms with E-state index in [1.54, 1.807) is 30.4 Å². The summed E-state index contributed by atoms with van der Waals surface area (Å²) in [4.78, 5) is 24.7. The molecule has 0 spiro atoms. The van der Waals surface area contributed by atoms with E-state index in [2.05, 4.69) is 32.9 Å². The first-order chi connectivity index (χ1) is 16.9. The molecule has 0 bridgehead atoms. The molecule has 0 atom stereocenters. The fourth-order valence-electron chi connectivity index (χ4n) is 3.74. The second-order valence-electron chi connectivity index (χ2n) is 9.76. The smallest absolute Gasteiger partial charge is 0.301 e. The average molecular weight is 531 g/mol. The molecule has 0 unspecified atom stereocenters. The standard InChI is InChI=1S/C15H20OS.C8H12N2OS.C7H14/c1-5-6-13(4)17-10-15(16)14-8-7-11(2)9-12(14)3;1-5-6(2)9(3)8(11)10(4)7(5)12;1-2-3-4-7-5-6-7/h6-9H,5,10H2,1-4H3;1-4H3;7H,2-6H2,1H3/b13-6-;;. The molecule has 3 rings (SSSR count). The molecule has 36 heavy (non-hydrogen) atoms. The maximum Gasteiger partial charge on any atom is 0.328 e. The van der Waals surface area contributed by atoms with Gasteiger partial charge in [0.1, 0.15) is 4.64 Å². The Labute approximate surface area is 228 Å². The van der Waals surface area contributed by atoms with Crippen molar-refractivity contribution in [1.29, 1.82) is 0 Å². The van der Waals surface area contributed by atoms with Crippen molar-refractivity contribution in [3.63, 3.8) is 0 Å². The number of Topliss-reactive ketones (excluding diaryl/α,β-unsaturated/α-hetero) is 1. The monoisotopic (exact) mass is 530 g/mol. The van der Waals surface area contributed by atoms with Crippen molar-refractivity contribution in [3.8, 4) is 0 Å². The van der Waals surface area contributed by atoms with Crippen LogP contribution in [0.1, 0.15) is 92.0 Å². The number of hydrogen-bond donors (Lipinski definition) is 0. The van der Waals surface area contributed by atoms with Crippen LogP contribution in [-0.4, -0.2) is 20.7 Å². The maximum atomic E-state index is 12.0. The van der Waals surface area contributed by atoms with Crippen LogP contribution in [0.5, 0.6) is 0 Å². The highest BCUT2D eigenvalue weighted by Gasteiger charge is 2.19. The third-order valence-electron chi connectivity index (χ3n) is 6.51. The van der Waals surface area contributed by atoms with E-state index in [-0.39, 0.29) is 11.5 Å². The summed E-state index contributed by atoms with van der Waals surface area (Å²) in [6, 6.07) is 6.00. The van der Waals surface area contributed by atoms with Gasteiger partial charge in [0.05, 0.1) is 5.75 Å². The highest BCUT2D eigenvalue weighted by atomic mass is 32.2. The molecule has 200 valence electrons. The molecule has 1 aromatic heterocycles. The lowest BCUT2D eigenvalue weighted by molar-refractivity contribution is 0.102. The van der Waals surface area contributed by atoms with Gasteiger partial charge in [-0.15, -0.1) is 11.8 Å². The minimum absolute atomic E-state index is 0.0666. The first-order valence-corrected chi connectivity index (χ1v) is 14.5. The van der Waals surface area contributed by atoms with Gasteiger partial charge in [0, 0.05) is 30.9 Å². The Kier molecular flexibility index (Phi) is 14.3.